The summed E-state index contributed by atoms with van der Waals surface area (Å²) in [5.74, 6) is -0.453. The van der Waals surface area contributed by atoms with E-state index < -0.39 is 15.9 Å². The Labute approximate surface area is 154 Å². The first kappa shape index (κ1) is 17.8. The van der Waals surface area contributed by atoms with E-state index in [0.717, 1.165) is 26.5 Å². The summed E-state index contributed by atoms with van der Waals surface area (Å²) in [6.45, 7) is -0.315. The number of carbonyl (C=O) groups excluding carboxylic acids is 1. The number of pyridine rings is 1. The van der Waals surface area contributed by atoms with Gasteiger partial charge in [-0.25, -0.2) is 8.42 Å². The van der Waals surface area contributed by atoms with Gasteiger partial charge in [-0.2, -0.15) is 4.31 Å². The molecule has 1 N–H and O–H groups in total. The number of fused-ring (bicyclic) bond motifs is 1. The Morgan fingerprint density at radius 2 is 2.04 bits per heavy atom. The summed E-state index contributed by atoms with van der Waals surface area (Å²) < 4.78 is 26.2. The number of benzene rings is 1. The van der Waals surface area contributed by atoms with Gasteiger partial charge in [0.2, 0.25) is 5.91 Å². The summed E-state index contributed by atoms with van der Waals surface area (Å²) in [6.07, 6.45) is 1.54. The maximum Gasteiger partial charge on any atom is 0.252 e. The smallest absolute Gasteiger partial charge is 0.252 e. The Morgan fingerprint density at radius 3 is 2.76 bits per heavy atom. The first-order valence-corrected chi connectivity index (χ1v) is 9.86. The molecule has 0 aliphatic heterocycles. The molecule has 9 heteroatoms. The fourth-order valence-electron chi connectivity index (χ4n) is 2.22. The molecule has 2 aromatic heterocycles. The van der Waals surface area contributed by atoms with Gasteiger partial charge in [0.05, 0.1) is 28.3 Å². The van der Waals surface area contributed by atoms with Crippen LogP contribution < -0.4 is 5.32 Å². The van der Waals surface area contributed by atoms with Crippen LogP contribution in [0.3, 0.4) is 0 Å². The molecular weight excluding hydrogens is 382 g/mol. The number of amides is 1. The molecule has 3 rings (SSSR count). The highest BCUT2D eigenvalue weighted by molar-refractivity contribution is 7.91. The predicted octanol–water partition coefficient (Wildman–Crippen LogP) is 3.21. The van der Waals surface area contributed by atoms with Crippen LogP contribution in [0, 0.1) is 0 Å². The number of likely N-dealkylation sites (N-methyl/N-ethyl adjacent to an activating group) is 1. The number of anilines is 1. The second-order valence-electron chi connectivity index (χ2n) is 5.28. The highest BCUT2D eigenvalue weighted by atomic mass is 35.5. The van der Waals surface area contributed by atoms with Gasteiger partial charge >= 0.3 is 0 Å². The first-order chi connectivity index (χ1) is 11.9. The molecule has 0 saturated carbocycles. The molecule has 1 aromatic carbocycles. The quantitative estimate of drug-likeness (QED) is 0.719. The third-order valence-electron chi connectivity index (χ3n) is 3.45. The van der Waals surface area contributed by atoms with Crippen molar-refractivity contribution < 1.29 is 13.2 Å². The van der Waals surface area contributed by atoms with E-state index in [4.69, 9.17) is 11.6 Å². The third-order valence-corrected chi connectivity index (χ3v) is 6.96. The number of sulfonamides is 1. The lowest BCUT2D eigenvalue weighted by Crippen LogP contribution is -2.34. The zero-order valence-corrected chi connectivity index (χ0v) is 15.5. The summed E-state index contributed by atoms with van der Waals surface area (Å²) in [6, 6.07) is 12.2. The Kier molecular flexibility index (Phi) is 5.05. The van der Waals surface area contributed by atoms with Gasteiger partial charge in [0, 0.05) is 12.4 Å². The molecule has 130 valence electrons. The molecule has 0 aliphatic carbocycles. The van der Waals surface area contributed by atoms with Crippen LogP contribution >= 0.6 is 22.9 Å². The van der Waals surface area contributed by atoms with Crippen LogP contribution in [0.4, 0.5) is 5.69 Å². The molecule has 25 heavy (non-hydrogen) atoms. The number of aromatic nitrogens is 1. The second-order valence-corrected chi connectivity index (χ2v) is 9.27. The van der Waals surface area contributed by atoms with Crippen LogP contribution in [0.25, 0.3) is 10.9 Å². The van der Waals surface area contributed by atoms with E-state index in [1.165, 1.54) is 25.4 Å². The number of nitrogens with zero attached hydrogens (tertiary/aromatic N) is 2. The van der Waals surface area contributed by atoms with Crippen LogP contribution in [0.2, 0.25) is 4.34 Å². The molecule has 0 spiro atoms. The average Bonchev–Trinajstić information content (AvgIpc) is 3.02. The minimum Gasteiger partial charge on any atom is -0.324 e. The van der Waals surface area contributed by atoms with Crippen molar-refractivity contribution in [2.75, 3.05) is 18.9 Å². The fraction of sp³-hybridized carbons (Fsp3) is 0.125. The van der Waals surface area contributed by atoms with Gasteiger partial charge in [-0.1, -0.05) is 29.8 Å². The molecule has 0 fully saturated rings. The average molecular weight is 396 g/mol. The van der Waals surface area contributed by atoms with Crippen molar-refractivity contribution in [1.29, 1.82) is 0 Å². The van der Waals surface area contributed by atoms with Crippen LogP contribution in [0.5, 0.6) is 0 Å². The van der Waals surface area contributed by atoms with E-state index in [9.17, 15) is 13.2 Å². The molecular formula is C16H14ClN3O3S2. The van der Waals surface area contributed by atoms with E-state index in [0.29, 0.717) is 10.0 Å². The number of halogens is 1. The minimum atomic E-state index is -3.75. The van der Waals surface area contributed by atoms with Gasteiger partial charge < -0.3 is 5.32 Å². The number of thiophene rings is 1. The van der Waals surface area contributed by atoms with E-state index >= 15 is 0 Å². The second kappa shape index (κ2) is 7.09. The zero-order valence-electron chi connectivity index (χ0n) is 13.1. The molecule has 2 heterocycles. The van der Waals surface area contributed by atoms with Crippen molar-refractivity contribution in [3.8, 4) is 0 Å². The number of carbonyl (C=O) groups is 1. The Morgan fingerprint density at radius 1 is 1.28 bits per heavy atom. The van der Waals surface area contributed by atoms with Gasteiger partial charge in [-0.15, -0.1) is 11.3 Å². The van der Waals surface area contributed by atoms with Crippen molar-refractivity contribution in [3.05, 3.63) is 53.0 Å². The van der Waals surface area contributed by atoms with E-state index in [-0.39, 0.29) is 10.8 Å². The summed E-state index contributed by atoms with van der Waals surface area (Å²) in [5, 5.41) is 3.55. The minimum absolute atomic E-state index is 0.0974. The Balaban J connectivity index is 1.70. The summed E-state index contributed by atoms with van der Waals surface area (Å²) in [7, 11) is -2.40. The highest BCUT2D eigenvalue weighted by Gasteiger charge is 2.24. The van der Waals surface area contributed by atoms with Gasteiger partial charge in [-0.3, -0.25) is 9.78 Å². The lowest BCUT2D eigenvalue weighted by molar-refractivity contribution is -0.116. The van der Waals surface area contributed by atoms with E-state index in [2.05, 4.69) is 10.3 Å². The zero-order chi connectivity index (χ0) is 18.0. The number of nitrogens with one attached hydrogen (secondary N) is 1. The lowest BCUT2D eigenvalue weighted by atomic mass is 10.2. The highest BCUT2D eigenvalue weighted by Crippen LogP contribution is 2.27. The first-order valence-electron chi connectivity index (χ1n) is 7.22. The van der Waals surface area contributed by atoms with Crippen molar-refractivity contribution in [2.45, 2.75) is 4.21 Å². The predicted molar refractivity (Wildman–Crippen MR) is 99.5 cm³/mol. The largest absolute Gasteiger partial charge is 0.324 e. The molecule has 0 saturated heterocycles. The van der Waals surface area contributed by atoms with Crippen LogP contribution in [-0.4, -0.2) is 37.2 Å². The monoisotopic (exact) mass is 395 g/mol. The standard InChI is InChI=1S/C16H14ClN3O3S2/c1-20(25(22,23)16-7-6-14(17)24-16)10-15(21)19-12-8-11-4-2-3-5-13(11)18-9-12/h2-9H,10H2,1H3,(H,19,21). The molecule has 0 aliphatic rings. The van der Waals surface area contributed by atoms with Crippen LogP contribution in [0.15, 0.2) is 52.9 Å². The molecule has 0 bridgehead atoms. The molecule has 6 nitrogen and oxygen atoms in total. The van der Waals surface area contributed by atoms with Crippen molar-refractivity contribution in [3.63, 3.8) is 0 Å². The van der Waals surface area contributed by atoms with Crippen molar-refractivity contribution >= 4 is 55.5 Å². The van der Waals surface area contributed by atoms with Gasteiger partial charge in [-0.05, 0) is 24.3 Å². The molecule has 1 amide bonds. The van der Waals surface area contributed by atoms with Crippen molar-refractivity contribution in [2.24, 2.45) is 0 Å². The summed E-state index contributed by atoms with van der Waals surface area (Å²) in [4.78, 5) is 16.4. The Bertz CT molecular complexity index is 1030. The number of hydrogen-bond acceptors (Lipinski definition) is 5. The molecule has 0 atom stereocenters. The summed E-state index contributed by atoms with van der Waals surface area (Å²) >= 11 is 6.73. The molecule has 0 unspecified atom stereocenters. The lowest BCUT2D eigenvalue weighted by Gasteiger charge is -2.15. The SMILES string of the molecule is CN(CC(=O)Nc1cnc2ccccc2c1)S(=O)(=O)c1ccc(Cl)s1. The van der Waals surface area contributed by atoms with Crippen LogP contribution in [-0.2, 0) is 14.8 Å². The number of rotatable bonds is 5. The number of para-hydroxylation sites is 1. The third kappa shape index (κ3) is 3.98. The number of hydrogen-bond donors (Lipinski definition) is 1. The van der Waals surface area contributed by atoms with Gasteiger partial charge in [0.1, 0.15) is 4.21 Å². The van der Waals surface area contributed by atoms with Gasteiger partial charge in [0.25, 0.3) is 10.0 Å². The fourth-order valence-corrected chi connectivity index (χ4v) is 5.04. The van der Waals surface area contributed by atoms with Crippen molar-refractivity contribution in [1.82, 2.24) is 9.29 Å². The normalized spacial score (nSPS) is 11.8. The molecule has 3 aromatic rings. The maximum absolute atomic E-state index is 12.4. The summed E-state index contributed by atoms with van der Waals surface area (Å²) in [5.41, 5.74) is 1.32. The van der Waals surface area contributed by atoms with Crippen LogP contribution in [0.1, 0.15) is 0 Å². The Hall–Kier alpha value is -2.00. The molecule has 0 radical (unpaired) electrons. The van der Waals surface area contributed by atoms with Gasteiger partial charge in [0.15, 0.2) is 0 Å². The van der Waals surface area contributed by atoms with E-state index in [1.807, 2.05) is 24.3 Å². The topological polar surface area (TPSA) is 79.4 Å². The van der Waals surface area contributed by atoms with E-state index in [1.54, 1.807) is 6.07 Å². The maximum atomic E-state index is 12.4.